The molecule has 0 radical (unpaired) electrons. The number of rotatable bonds is 4. The van der Waals surface area contributed by atoms with Crippen LogP contribution in [0.5, 0.6) is 0 Å². The number of hydrogen-bond donors (Lipinski definition) is 1. The maximum absolute atomic E-state index is 12.6. The van der Waals surface area contributed by atoms with Crippen molar-refractivity contribution in [2.75, 3.05) is 26.2 Å². The minimum absolute atomic E-state index is 0.163. The zero-order chi connectivity index (χ0) is 16.2. The molecule has 2 fully saturated rings. The second kappa shape index (κ2) is 7.73. The van der Waals surface area contributed by atoms with E-state index in [1.54, 1.807) is 11.3 Å². The summed E-state index contributed by atoms with van der Waals surface area (Å²) >= 11 is 1.75. The average molecular weight is 337 g/mol. The predicted molar refractivity (Wildman–Crippen MR) is 93.3 cm³/mol. The lowest BCUT2D eigenvalue weighted by atomic mass is 9.85. The average Bonchev–Trinajstić information content (AvgIpc) is 3.02. The molecule has 1 amide bonds. The molecule has 1 saturated carbocycles. The molecule has 23 heavy (non-hydrogen) atoms. The lowest BCUT2D eigenvalue weighted by molar-refractivity contribution is -0.138. The van der Waals surface area contributed by atoms with E-state index in [1.165, 1.54) is 10.7 Å². The van der Waals surface area contributed by atoms with Gasteiger partial charge in [0.05, 0.1) is 10.7 Å². The van der Waals surface area contributed by atoms with E-state index in [1.807, 2.05) is 0 Å². The summed E-state index contributed by atoms with van der Waals surface area (Å²) in [6.07, 6.45) is 5.07. The van der Waals surface area contributed by atoms with Crippen LogP contribution in [0.4, 0.5) is 0 Å². The van der Waals surface area contributed by atoms with Crippen molar-refractivity contribution in [1.29, 1.82) is 0 Å². The molecule has 1 saturated heterocycles. The smallest absolute Gasteiger partial charge is 0.225 e. The highest BCUT2D eigenvalue weighted by Crippen LogP contribution is 2.25. The van der Waals surface area contributed by atoms with Gasteiger partial charge in [-0.3, -0.25) is 9.69 Å². The van der Waals surface area contributed by atoms with Gasteiger partial charge in [-0.1, -0.05) is 13.3 Å². The molecule has 2 atom stereocenters. The Bertz CT molecular complexity index is 524. The van der Waals surface area contributed by atoms with Crippen LogP contribution in [0.25, 0.3) is 0 Å². The first-order chi connectivity index (χ1) is 11.2. The second-order valence-electron chi connectivity index (χ2n) is 6.81. The molecule has 2 heterocycles. The summed E-state index contributed by atoms with van der Waals surface area (Å²) in [4.78, 5) is 21.7. The third kappa shape index (κ3) is 4.31. The molecule has 1 aromatic heterocycles. The van der Waals surface area contributed by atoms with E-state index < -0.39 is 0 Å². The molecule has 2 aliphatic rings. The van der Waals surface area contributed by atoms with Gasteiger partial charge in [0.2, 0.25) is 5.91 Å². The van der Waals surface area contributed by atoms with E-state index in [9.17, 15) is 4.79 Å². The van der Waals surface area contributed by atoms with Crippen LogP contribution < -0.4 is 5.73 Å². The molecule has 0 bridgehead atoms. The molecule has 0 aromatic carbocycles. The number of carbonyl (C=O) groups excluding carboxylic acids is 1. The third-order valence-corrected chi connectivity index (χ3v) is 6.08. The minimum atomic E-state index is 0.163. The van der Waals surface area contributed by atoms with Crippen LogP contribution in [0.2, 0.25) is 0 Å². The molecular weight excluding hydrogens is 308 g/mol. The first-order valence-corrected chi connectivity index (χ1v) is 9.73. The topological polar surface area (TPSA) is 62.5 Å². The summed E-state index contributed by atoms with van der Waals surface area (Å²) in [5, 5.41) is 3.38. The number of amides is 1. The van der Waals surface area contributed by atoms with Gasteiger partial charge < -0.3 is 10.6 Å². The summed E-state index contributed by atoms with van der Waals surface area (Å²) < 4.78 is 0. The fourth-order valence-electron chi connectivity index (χ4n) is 3.65. The number of aromatic nitrogens is 1. The Morgan fingerprint density at radius 2 is 2.13 bits per heavy atom. The molecule has 3 rings (SSSR count). The Kier molecular flexibility index (Phi) is 5.67. The van der Waals surface area contributed by atoms with Crippen LogP contribution in [0.15, 0.2) is 5.38 Å². The molecule has 1 aromatic rings. The fraction of sp³-hybridized carbons (Fsp3) is 0.765. The van der Waals surface area contributed by atoms with Crippen LogP contribution in [-0.4, -0.2) is 52.9 Å². The fourth-order valence-corrected chi connectivity index (χ4v) is 4.39. The maximum Gasteiger partial charge on any atom is 0.225 e. The zero-order valence-corrected chi connectivity index (χ0v) is 14.9. The van der Waals surface area contributed by atoms with Gasteiger partial charge in [0.25, 0.3) is 0 Å². The van der Waals surface area contributed by atoms with Gasteiger partial charge in [-0.2, -0.15) is 0 Å². The standard InChI is InChI=1S/C17H28N4OS/c1-2-16-19-15(12-23-16)11-20-6-8-21(9-7-20)17(22)13-4-3-5-14(18)10-13/h12-14H,2-11,18H2,1H3. The van der Waals surface area contributed by atoms with E-state index in [0.717, 1.165) is 64.8 Å². The quantitative estimate of drug-likeness (QED) is 0.912. The Labute approximate surface area is 142 Å². The SMILES string of the molecule is CCc1nc(CN2CCN(C(=O)C3CCCC(N)C3)CC2)cs1. The van der Waals surface area contributed by atoms with Crippen molar-refractivity contribution >= 4 is 17.2 Å². The Hall–Kier alpha value is -0.980. The highest BCUT2D eigenvalue weighted by molar-refractivity contribution is 7.09. The summed E-state index contributed by atoms with van der Waals surface area (Å²) in [7, 11) is 0. The van der Waals surface area contributed by atoms with Gasteiger partial charge in [-0.25, -0.2) is 4.98 Å². The maximum atomic E-state index is 12.6. The highest BCUT2D eigenvalue weighted by atomic mass is 32.1. The zero-order valence-electron chi connectivity index (χ0n) is 14.0. The molecule has 6 heteroatoms. The molecule has 1 aliphatic heterocycles. The summed E-state index contributed by atoms with van der Waals surface area (Å²) in [5.41, 5.74) is 7.20. The molecule has 5 nitrogen and oxygen atoms in total. The number of piperazine rings is 1. The lowest BCUT2D eigenvalue weighted by Crippen LogP contribution is -2.51. The largest absolute Gasteiger partial charge is 0.340 e. The Morgan fingerprint density at radius 1 is 1.35 bits per heavy atom. The monoisotopic (exact) mass is 336 g/mol. The Balaban J connectivity index is 1.47. The van der Waals surface area contributed by atoms with Gasteiger partial charge in [0, 0.05) is 50.1 Å². The van der Waals surface area contributed by atoms with Crippen molar-refractivity contribution in [2.24, 2.45) is 11.7 Å². The van der Waals surface area contributed by atoms with E-state index in [4.69, 9.17) is 5.73 Å². The van der Waals surface area contributed by atoms with Crippen molar-refractivity contribution < 1.29 is 4.79 Å². The number of thiazole rings is 1. The molecule has 2 N–H and O–H groups in total. The minimum Gasteiger partial charge on any atom is -0.340 e. The van der Waals surface area contributed by atoms with Crippen molar-refractivity contribution in [1.82, 2.24) is 14.8 Å². The first kappa shape index (κ1) is 16.9. The van der Waals surface area contributed by atoms with Gasteiger partial charge >= 0.3 is 0 Å². The van der Waals surface area contributed by atoms with Gasteiger partial charge in [0.1, 0.15) is 0 Å². The number of aryl methyl sites for hydroxylation is 1. The van der Waals surface area contributed by atoms with E-state index in [2.05, 4.69) is 27.1 Å². The molecule has 2 unspecified atom stereocenters. The van der Waals surface area contributed by atoms with Crippen molar-refractivity contribution in [2.45, 2.75) is 51.6 Å². The van der Waals surface area contributed by atoms with E-state index in [-0.39, 0.29) is 12.0 Å². The van der Waals surface area contributed by atoms with Gasteiger partial charge in [-0.05, 0) is 25.7 Å². The van der Waals surface area contributed by atoms with Crippen LogP contribution in [0.1, 0.15) is 43.3 Å². The van der Waals surface area contributed by atoms with Crippen LogP contribution in [0, 0.1) is 5.92 Å². The van der Waals surface area contributed by atoms with Crippen LogP contribution in [-0.2, 0) is 17.8 Å². The number of nitrogens with two attached hydrogens (primary N) is 1. The van der Waals surface area contributed by atoms with Crippen molar-refractivity contribution in [3.63, 3.8) is 0 Å². The Morgan fingerprint density at radius 3 is 2.78 bits per heavy atom. The summed E-state index contributed by atoms with van der Waals surface area (Å²) in [5.74, 6) is 0.498. The summed E-state index contributed by atoms with van der Waals surface area (Å²) in [6, 6.07) is 0.219. The number of hydrogen-bond acceptors (Lipinski definition) is 5. The molecule has 0 spiro atoms. The van der Waals surface area contributed by atoms with Gasteiger partial charge in [0.15, 0.2) is 0 Å². The van der Waals surface area contributed by atoms with Crippen LogP contribution in [0.3, 0.4) is 0 Å². The normalized spacial score (nSPS) is 26.4. The summed E-state index contributed by atoms with van der Waals surface area (Å²) in [6.45, 7) is 6.63. The molecule has 128 valence electrons. The second-order valence-corrected chi connectivity index (χ2v) is 7.75. The third-order valence-electron chi connectivity index (χ3n) is 5.04. The van der Waals surface area contributed by atoms with Crippen molar-refractivity contribution in [3.8, 4) is 0 Å². The van der Waals surface area contributed by atoms with E-state index in [0.29, 0.717) is 5.91 Å². The molecular formula is C17H28N4OS. The highest BCUT2D eigenvalue weighted by Gasteiger charge is 2.30. The van der Waals surface area contributed by atoms with Crippen LogP contribution >= 0.6 is 11.3 Å². The number of carbonyl (C=O) groups is 1. The molecule has 1 aliphatic carbocycles. The van der Waals surface area contributed by atoms with E-state index >= 15 is 0 Å². The van der Waals surface area contributed by atoms with Gasteiger partial charge in [-0.15, -0.1) is 11.3 Å². The number of nitrogens with zero attached hydrogens (tertiary/aromatic N) is 3. The predicted octanol–water partition coefficient (Wildman–Crippen LogP) is 1.87. The lowest BCUT2D eigenvalue weighted by Gasteiger charge is -2.37. The first-order valence-electron chi connectivity index (χ1n) is 8.85. The van der Waals surface area contributed by atoms with Crippen molar-refractivity contribution in [3.05, 3.63) is 16.1 Å².